The van der Waals surface area contributed by atoms with Crippen LogP contribution in [-0.2, 0) is 6.54 Å². The fraction of sp³-hybridized carbons (Fsp3) is 0.118. The largest absolute Gasteiger partial charge is 0.316 e. The summed E-state index contributed by atoms with van der Waals surface area (Å²) in [6.07, 6.45) is 1.85. The molecule has 1 aromatic heterocycles. The molecule has 0 saturated carbocycles. The number of aromatic nitrogens is 1. The first kappa shape index (κ1) is 11.9. The maximum atomic E-state index is 4.54. The van der Waals surface area contributed by atoms with Crippen LogP contribution in [0.5, 0.6) is 0 Å². The monoisotopic (exact) mass is 248 g/mol. The molecule has 0 fully saturated rings. The number of hydrogen-bond acceptors (Lipinski definition) is 2. The van der Waals surface area contributed by atoms with Gasteiger partial charge in [-0.3, -0.25) is 4.98 Å². The molecule has 0 unspecified atom stereocenters. The number of hydrogen-bond donors (Lipinski definition) is 1. The first-order valence-electron chi connectivity index (χ1n) is 6.47. The van der Waals surface area contributed by atoms with Crippen molar-refractivity contribution in [3.05, 3.63) is 66.4 Å². The van der Waals surface area contributed by atoms with Crippen LogP contribution in [0, 0.1) is 0 Å². The zero-order valence-corrected chi connectivity index (χ0v) is 10.9. The number of fused-ring (bicyclic) bond motifs is 1. The van der Waals surface area contributed by atoms with E-state index in [0.717, 1.165) is 12.1 Å². The normalized spacial score (nSPS) is 10.8. The highest BCUT2D eigenvalue weighted by atomic mass is 14.8. The van der Waals surface area contributed by atoms with Crippen LogP contribution in [0.3, 0.4) is 0 Å². The number of benzene rings is 2. The van der Waals surface area contributed by atoms with Gasteiger partial charge in [0.2, 0.25) is 0 Å². The maximum absolute atomic E-state index is 4.54. The second kappa shape index (κ2) is 5.21. The first-order valence-corrected chi connectivity index (χ1v) is 6.47. The zero-order valence-electron chi connectivity index (χ0n) is 10.9. The molecule has 19 heavy (non-hydrogen) atoms. The molecule has 0 aliphatic heterocycles. The molecule has 1 heterocycles. The van der Waals surface area contributed by atoms with E-state index in [0.29, 0.717) is 0 Å². The molecule has 0 amide bonds. The zero-order chi connectivity index (χ0) is 13.1. The Bertz CT molecular complexity index is 699. The molecule has 2 nitrogen and oxygen atoms in total. The SMILES string of the molecule is CNCc1ccccc1-c1cccc2cccnc12. The maximum Gasteiger partial charge on any atom is 0.0780 e. The highest BCUT2D eigenvalue weighted by molar-refractivity contribution is 5.94. The molecule has 0 radical (unpaired) electrons. The molecule has 94 valence electrons. The van der Waals surface area contributed by atoms with Gasteiger partial charge >= 0.3 is 0 Å². The van der Waals surface area contributed by atoms with E-state index in [1.807, 2.05) is 19.3 Å². The Morgan fingerprint density at radius 2 is 1.68 bits per heavy atom. The third-order valence-electron chi connectivity index (χ3n) is 3.31. The van der Waals surface area contributed by atoms with Crippen LogP contribution in [0.1, 0.15) is 5.56 Å². The molecule has 0 spiro atoms. The summed E-state index contributed by atoms with van der Waals surface area (Å²) in [4.78, 5) is 4.54. The Labute approximate surface area is 113 Å². The van der Waals surface area contributed by atoms with Crippen molar-refractivity contribution in [2.75, 3.05) is 7.05 Å². The Kier molecular flexibility index (Phi) is 3.25. The van der Waals surface area contributed by atoms with E-state index >= 15 is 0 Å². The van der Waals surface area contributed by atoms with Gasteiger partial charge in [-0.2, -0.15) is 0 Å². The summed E-state index contributed by atoms with van der Waals surface area (Å²) in [6.45, 7) is 0.861. The van der Waals surface area contributed by atoms with Gasteiger partial charge in [-0.1, -0.05) is 48.5 Å². The lowest BCUT2D eigenvalue weighted by molar-refractivity contribution is 0.819. The summed E-state index contributed by atoms with van der Waals surface area (Å²) in [5, 5.41) is 4.40. The lowest BCUT2D eigenvalue weighted by atomic mass is 9.97. The molecule has 2 aromatic carbocycles. The predicted octanol–water partition coefficient (Wildman–Crippen LogP) is 3.62. The molecule has 0 saturated heterocycles. The van der Waals surface area contributed by atoms with Crippen molar-refractivity contribution in [3.8, 4) is 11.1 Å². The minimum absolute atomic E-state index is 0.861. The van der Waals surface area contributed by atoms with E-state index in [9.17, 15) is 0 Å². The molecule has 3 aromatic rings. The predicted molar refractivity (Wildman–Crippen MR) is 79.9 cm³/mol. The molecular formula is C17H16N2. The Morgan fingerprint density at radius 3 is 2.58 bits per heavy atom. The van der Waals surface area contributed by atoms with Gasteiger partial charge in [-0.05, 0) is 24.2 Å². The average Bonchev–Trinajstić information content (AvgIpc) is 2.48. The number of nitrogens with zero attached hydrogens (tertiary/aromatic N) is 1. The number of nitrogens with one attached hydrogen (secondary N) is 1. The van der Waals surface area contributed by atoms with E-state index in [4.69, 9.17) is 0 Å². The van der Waals surface area contributed by atoms with Gasteiger partial charge in [0.05, 0.1) is 5.52 Å². The number of para-hydroxylation sites is 1. The van der Waals surface area contributed by atoms with Gasteiger partial charge in [0.15, 0.2) is 0 Å². The highest BCUT2D eigenvalue weighted by Gasteiger charge is 2.08. The van der Waals surface area contributed by atoms with E-state index in [2.05, 4.69) is 58.8 Å². The highest BCUT2D eigenvalue weighted by Crippen LogP contribution is 2.29. The lowest BCUT2D eigenvalue weighted by Gasteiger charge is -2.11. The van der Waals surface area contributed by atoms with Crippen LogP contribution >= 0.6 is 0 Å². The minimum atomic E-state index is 0.861. The number of rotatable bonds is 3. The molecule has 0 aliphatic rings. The van der Waals surface area contributed by atoms with Crippen molar-refractivity contribution < 1.29 is 0 Å². The number of pyridine rings is 1. The van der Waals surface area contributed by atoms with E-state index in [1.54, 1.807) is 0 Å². The van der Waals surface area contributed by atoms with Crippen LogP contribution in [-0.4, -0.2) is 12.0 Å². The van der Waals surface area contributed by atoms with Crippen molar-refractivity contribution >= 4 is 10.9 Å². The van der Waals surface area contributed by atoms with E-state index < -0.39 is 0 Å². The van der Waals surface area contributed by atoms with Crippen LogP contribution in [0.25, 0.3) is 22.0 Å². The van der Waals surface area contributed by atoms with Crippen molar-refractivity contribution in [2.45, 2.75) is 6.54 Å². The van der Waals surface area contributed by atoms with Crippen LogP contribution < -0.4 is 5.32 Å². The lowest BCUT2D eigenvalue weighted by Crippen LogP contribution is -2.06. The molecular weight excluding hydrogens is 232 g/mol. The van der Waals surface area contributed by atoms with Gasteiger partial charge in [0, 0.05) is 23.7 Å². The van der Waals surface area contributed by atoms with Gasteiger partial charge in [-0.15, -0.1) is 0 Å². The van der Waals surface area contributed by atoms with Crippen molar-refractivity contribution in [1.82, 2.24) is 10.3 Å². The molecule has 0 bridgehead atoms. The van der Waals surface area contributed by atoms with Crippen molar-refractivity contribution in [3.63, 3.8) is 0 Å². The van der Waals surface area contributed by atoms with Gasteiger partial charge < -0.3 is 5.32 Å². The topological polar surface area (TPSA) is 24.9 Å². The third kappa shape index (κ3) is 2.23. The first-order chi connectivity index (χ1) is 9.40. The van der Waals surface area contributed by atoms with Crippen molar-refractivity contribution in [2.24, 2.45) is 0 Å². The van der Waals surface area contributed by atoms with E-state index in [-0.39, 0.29) is 0 Å². The standard InChI is InChI=1S/C17H16N2/c1-18-12-14-6-2-3-9-15(14)16-10-4-7-13-8-5-11-19-17(13)16/h2-11,18H,12H2,1H3. The summed E-state index contributed by atoms with van der Waals surface area (Å²) < 4.78 is 0. The summed E-state index contributed by atoms with van der Waals surface area (Å²) >= 11 is 0. The molecule has 1 N–H and O–H groups in total. The fourth-order valence-electron chi connectivity index (χ4n) is 2.45. The summed E-state index contributed by atoms with van der Waals surface area (Å²) in [5.74, 6) is 0. The molecule has 3 rings (SSSR count). The second-order valence-corrected chi connectivity index (χ2v) is 4.57. The van der Waals surface area contributed by atoms with Gasteiger partial charge in [-0.25, -0.2) is 0 Å². The van der Waals surface area contributed by atoms with Gasteiger partial charge in [0.25, 0.3) is 0 Å². The Balaban J connectivity index is 2.25. The summed E-state index contributed by atoms with van der Waals surface area (Å²) in [7, 11) is 1.97. The van der Waals surface area contributed by atoms with Crippen LogP contribution in [0.2, 0.25) is 0 Å². The molecule has 0 aliphatic carbocycles. The van der Waals surface area contributed by atoms with E-state index in [1.165, 1.54) is 22.1 Å². The van der Waals surface area contributed by atoms with Crippen LogP contribution in [0.15, 0.2) is 60.8 Å². The third-order valence-corrected chi connectivity index (χ3v) is 3.31. The minimum Gasteiger partial charge on any atom is -0.316 e. The molecule has 0 atom stereocenters. The average molecular weight is 248 g/mol. The van der Waals surface area contributed by atoms with Gasteiger partial charge in [0.1, 0.15) is 0 Å². The second-order valence-electron chi connectivity index (χ2n) is 4.57. The van der Waals surface area contributed by atoms with Crippen molar-refractivity contribution in [1.29, 1.82) is 0 Å². The summed E-state index contributed by atoms with van der Waals surface area (Å²) in [6, 6.07) is 18.9. The summed E-state index contributed by atoms with van der Waals surface area (Å²) in [5.41, 5.74) is 4.81. The smallest absolute Gasteiger partial charge is 0.0780 e. The quantitative estimate of drug-likeness (QED) is 0.765. The Hall–Kier alpha value is -2.19. The van der Waals surface area contributed by atoms with Crippen LogP contribution in [0.4, 0.5) is 0 Å². The fourth-order valence-corrected chi connectivity index (χ4v) is 2.45. The Morgan fingerprint density at radius 1 is 0.895 bits per heavy atom. The molecule has 2 heteroatoms.